The second-order valence-electron chi connectivity index (χ2n) is 5.24. The van der Waals surface area contributed by atoms with Crippen LogP contribution in [0.15, 0.2) is 53.4 Å². The Morgan fingerprint density at radius 3 is 2.39 bits per heavy atom. The van der Waals surface area contributed by atoms with Crippen molar-refractivity contribution in [1.82, 2.24) is 4.31 Å². The first kappa shape index (κ1) is 17.5. The highest BCUT2D eigenvalue weighted by Gasteiger charge is 2.24. The van der Waals surface area contributed by atoms with Gasteiger partial charge in [0.2, 0.25) is 10.0 Å². The van der Waals surface area contributed by atoms with E-state index < -0.39 is 10.0 Å². The van der Waals surface area contributed by atoms with Crippen molar-refractivity contribution in [2.45, 2.75) is 18.4 Å². The first-order valence-corrected chi connectivity index (χ1v) is 8.82. The molecule has 2 N–H and O–H groups in total. The molecule has 2 rings (SSSR count). The minimum absolute atomic E-state index is 0.250. The van der Waals surface area contributed by atoms with Gasteiger partial charge in [0.15, 0.2) is 0 Å². The Kier molecular flexibility index (Phi) is 5.76. The van der Waals surface area contributed by atoms with E-state index >= 15 is 0 Å². The molecule has 23 heavy (non-hydrogen) atoms. The van der Waals surface area contributed by atoms with Crippen LogP contribution in [-0.2, 0) is 16.6 Å². The van der Waals surface area contributed by atoms with Gasteiger partial charge in [0, 0.05) is 19.6 Å². The summed E-state index contributed by atoms with van der Waals surface area (Å²) in [5.41, 5.74) is 7.31. The molecule has 2 aromatic rings. The summed E-state index contributed by atoms with van der Waals surface area (Å²) in [7, 11) is -2.05. The fourth-order valence-electron chi connectivity index (χ4n) is 2.38. The number of nitrogens with two attached hydrogens (primary N) is 1. The molecule has 0 saturated carbocycles. The summed E-state index contributed by atoms with van der Waals surface area (Å²) in [6.07, 6.45) is 0. The lowest BCUT2D eigenvalue weighted by molar-refractivity contribution is 0.408. The topological polar surface area (TPSA) is 72.6 Å². The van der Waals surface area contributed by atoms with Gasteiger partial charge in [0.05, 0.1) is 12.0 Å². The molecule has 0 aliphatic rings. The van der Waals surface area contributed by atoms with Gasteiger partial charge in [-0.25, -0.2) is 8.42 Å². The minimum atomic E-state index is -3.61. The van der Waals surface area contributed by atoms with Gasteiger partial charge in [-0.3, -0.25) is 0 Å². The number of ether oxygens (including phenoxy) is 1. The van der Waals surface area contributed by atoms with Crippen LogP contribution < -0.4 is 10.5 Å². The summed E-state index contributed by atoms with van der Waals surface area (Å²) in [6.45, 7) is 2.65. The average molecular weight is 334 g/mol. The second-order valence-corrected chi connectivity index (χ2v) is 7.18. The van der Waals surface area contributed by atoms with Gasteiger partial charge in [-0.1, -0.05) is 30.3 Å². The van der Waals surface area contributed by atoms with Crippen LogP contribution in [0.2, 0.25) is 0 Å². The summed E-state index contributed by atoms with van der Waals surface area (Å²) in [5, 5.41) is 0. The van der Waals surface area contributed by atoms with Crippen molar-refractivity contribution >= 4 is 10.0 Å². The van der Waals surface area contributed by atoms with Crippen LogP contribution in [0.25, 0.3) is 0 Å². The first-order valence-electron chi connectivity index (χ1n) is 7.38. The molecule has 5 nitrogen and oxygen atoms in total. The number of hydrogen-bond donors (Lipinski definition) is 1. The molecule has 0 aliphatic heterocycles. The molecule has 124 valence electrons. The van der Waals surface area contributed by atoms with E-state index in [2.05, 4.69) is 0 Å². The monoisotopic (exact) mass is 334 g/mol. The van der Waals surface area contributed by atoms with E-state index in [0.717, 1.165) is 11.1 Å². The predicted octanol–water partition coefficient (Wildman–Crippen LogP) is 2.15. The zero-order chi connectivity index (χ0) is 16.9. The molecule has 0 bridgehead atoms. The summed E-state index contributed by atoms with van der Waals surface area (Å²) < 4.78 is 32.4. The largest absolute Gasteiger partial charge is 0.496 e. The Bertz CT molecular complexity index is 746. The first-order chi connectivity index (χ1) is 11.0. The fourth-order valence-corrected chi connectivity index (χ4v) is 3.90. The Balaban J connectivity index is 2.34. The third kappa shape index (κ3) is 4.10. The van der Waals surface area contributed by atoms with Gasteiger partial charge in [-0.15, -0.1) is 0 Å². The number of rotatable bonds is 7. The maximum atomic E-state index is 12.9. The Morgan fingerprint density at radius 2 is 1.83 bits per heavy atom. The summed E-state index contributed by atoms with van der Waals surface area (Å²) in [4.78, 5) is 0.250. The molecular weight excluding hydrogens is 312 g/mol. The summed E-state index contributed by atoms with van der Waals surface area (Å²) in [5.74, 6) is 0.664. The van der Waals surface area contributed by atoms with Crippen molar-refractivity contribution in [3.05, 3.63) is 59.7 Å². The number of sulfonamides is 1. The quantitative estimate of drug-likeness (QED) is 0.842. The Labute approximate surface area is 137 Å². The van der Waals surface area contributed by atoms with Gasteiger partial charge >= 0.3 is 0 Å². The molecule has 0 aromatic heterocycles. The molecule has 0 saturated heterocycles. The number of benzene rings is 2. The van der Waals surface area contributed by atoms with Crippen LogP contribution in [0.1, 0.15) is 11.1 Å². The van der Waals surface area contributed by atoms with Crippen molar-refractivity contribution in [3.63, 3.8) is 0 Å². The SMILES string of the molecule is COc1ccc(S(=O)(=O)N(CCN)Cc2ccccc2)cc1C. The van der Waals surface area contributed by atoms with Gasteiger partial charge in [0.1, 0.15) is 5.75 Å². The van der Waals surface area contributed by atoms with E-state index in [9.17, 15) is 8.42 Å². The highest BCUT2D eigenvalue weighted by atomic mass is 32.2. The summed E-state index contributed by atoms with van der Waals surface area (Å²) >= 11 is 0. The van der Waals surface area contributed by atoms with Crippen LogP contribution >= 0.6 is 0 Å². The third-order valence-corrected chi connectivity index (χ3v) is 5.43. The van der Waals surface area contributed by atoms with Crippen LogP contribution in [0.4, 0.5) is 0 Å². The molecule has 0 fully saturated rings. The number of aryl methyl sites for hydroxylation is 1. The van der Waals surface area contributed by atoms with Crippen molar-refractivity contribution in [2.75, 3.05) is 20.2 Å². The molecule has 0 heterocycles. The maximum Gasteiger partial charge on any atom is 0.243 e. The average Bonchev–Trinajstić information content (AvgIpc) is 2.55. The van der Waals surface area contributed by atoms with E-state index in [1.54, 1.807) is 25.3 Å². The van der Waals surface area contributed by atoms with E-state index in [1.807, 2.05) is 37.3 Å². The zero-order valence-corrected chi connectivity index (χ0v) is 14.2. The van der Waals surface area contributed by atoms with E-state index in [1.165, 1.54) is 4.31 Å². The van der Waals surface area contributed by atoms with Crippen LogP contribution in [0.3, 0.4) is 0 Å². The lowest BCUT2D eigenvalue weighted by Gasteiger charge is -2.22. The Morgan fingerprint density at radius 1 is 1.13 bits per heavy atom. The Hall–Kier alpha value is -1.89. The molecule has 0 amide bonds. The van der Waals surface area contributed by atoms with Crippen LogP contribution in [0.5, 0.6) is 5.75 Å². The van der Waals surface area contributed by atoms with Crippen molar-refractivity contribution in [1.29, 1.82) is 0 Å². The van der Waals surface area contributed by atoms with Gasteiger partial charge < -0.3 is 10.5 Å². The highest BCUT2D eigenvalue weighted by Crippen LogP contribution is 2.24. The third-order valence-electron chi connectivity index (χ3n) is 3.58. The zero-order valence-electron chi connectivity index (χ0n) is 13.4. The maximum absolute atomic E-state index is 12.9. The summed E-state index contributed by atoms with van der Waals surface area (Å²) in [6, 6.07) is 14.3. The van der Waals surface area contributed by atoms with E-state index in [0.29, 0.717) is 12.3 Å². The molecule has 6 heteroatoms. The fraction of sp³-hybridized carbons (Fsp3) is 0.294. The predicted molar refractivity (Wildman–Crippen MR) is 90.8 cm³/mol. The standard InChI is InChI=1S/C17H22N2O3S/c1-14-12-16(8-9-17(14)22-2)23(20,21)19(11-10-18)13-15-6-4-3-5-7-15/h3-9,12H,10-11,13,18H2,1-2H3. The minimum Gasteiger partial charge on any atom is -0.496 e. The second kappa shape index (κ2) is 7.59. The lowest BCUT2D eigenvalue weighted by Crippen LogP contribution is -2.35. The van der Waals surface area contributed by atoms with Crippen molar-refractivity contribution < 1.29 is 13.2 Å². The van der Waals surface area contributed by atoms with Gasteiger partial charge in [-0.2, -0.15) is 4.31 Å². The number of nitrogens with zero attached hydrogens (tertiary/aromatic N) is 1. The van der Waals surface area contributed by atoms with E-state index in [-0.39, 0.29) is 18.0 Å². The van der Waals surface area contributed by atoms with E-state index in [4.69, 9.17) is 10.5 Å². The molecule has 0 unspecified atom stereocenters. The molecular formula is C17H22N2O3S. The highest BCUT2D eigenvalue weighted by molar-refractivity contribution is 7.89. The van der Waals surface area contributed by atoms with Crippen molar-refractivity contribution in [2.24, 2.45) is 5.73 Å². The molecule has 0 aliphatic carbocycles. The van der Waals surface area contributed by atoms with Gasteiger partial charge in [-0.05, 0) is 36.2 Å². The molecule has 0 atom stereocenters. The van der Waals surface area contributed by atoms with Crippen LogP contribution in [0, 0.1) is 6.92 Å². The smallest absolute Gasteiger partial charge is 0.243 e. The molecule has 2 aromatic carbocycles. The normalized spacial score (nSPS) is 11.7. The molecule has 0 spiro atoms. The van der Waals surface area contributed by atoms with Crippen molar-refractivity contribution in [3.8, 4) is 5.75 Å². The van der Waals surface area contributed by atoms with Gasteiger partial charge in [0.25, 0.3) is 0 Å². The molecule has 0 radical (unpaired) electrons. The number of methoxy groups -OCH3 is 1. The van der Waals surface area contributed by atoms with Crippen LogP contribution in [-0.4, -0.2) is 32.9 Å². The number of hydrogen-bond acceptors (Lipinski definition) is 4. The lowest BCUT2D eigenvalue weighted by atomic mass is 10.2.